The molecule has 0 fully saturated rings. The van der Waals surface area contributed by atoms with Crippen molar-refractivity contribution in [2.24, 2.45) is 0 Å². The molecule has 9 heteroatoms. The van der Waals surface area contributed by atoms with Gasteiger partial charge in [-0.2, -0.15) is 0 Å². The van der Waals surface area contributed by atoms with E-state index in [2.05, 4.69) is 5.32 Å². The molecule has 0 spiro atoms. The summed E-state index contributed by atoms with van der Waals surface area (Å²) in [6.07, 6.45) is 1.70. The Labute approximate surface area is 149 Å². The summed E-state index contributed by atoms with van der Waals surface area (Å²) in [6, 6.07) is 3.61. The van der Waals surface area contributed by atoms with Gasteiger partial charge in [0.1, 0.15) is 6.54 Å². The van der Waals surface area contributed by atoms with E-state index in [1.54, 1.807) is 16.8 Å². The predicted octanol–water partition coefficient (Wildman–Crippen LogP) is -0.556. The van der Waals surface area contributed by atoms with Gasteiger partial charge in [0.2, 0.25) is 11.6 Å². The zero-order chi connectivity index (χ0) is 15.3. The summed E-state index contributed by atoms with van der Waals surface area (Å²) in [5, 5.41) is 2.89. The lowest BCUT2D eigenvalue weighted by Crippen LogP contribution is -3.00. The predicted molar refractivity (Wildman–Crippen MR) is 80.9 cm³/mol. The average molecular weight is 395 g/mol. The summed E-state index contributed by atoms with van der Waals surface area (Å²) in [6.45, 7) is 1.84. The highest BCUT2D eigenvalue weighted by atomic mass is 35.5. The topological polar surface area (TPSA) is 50.0 Å². The first-order valence-corrected chi connectivity index (χ1v) is 7.41. The highest BCUT2D eigenvalue weighted by Gasteiger charge is 2.20. The van der Waals surface area contributed by atoms with Crippen LogP contribution < -0.4 is 22.3 Å². The minimum Gasteiger partial charge on any atom is -1.00 e. The Morgan fingerprint density at radius 1 is 1.19 bits per heavy atom. The van der Waals surface area contributed by atoms with Gasteiger partial charge in [0, 0.05) is 6.07 Å². The van der Waals surface area contributed by atoms with Crippen molar-refractivity contribution in [2.75, 3.05) is 11.9 Å². The molecule has 0 aliphatic rings. The van der Waals surface area contributed by atoms with Gasteiger partial charge in [-0.15, -0.1) is 0 Å². The molecule has 1 aromatic rings. The van der Waals surface area contributed by atoms with Crippen LogP contribution in [-0.2, 0) is 16.1 Å². The average Bonchev–Trinajstić information content (AvgIpc) is 2.38. The molecule has 0 aliphatic heterocycles. The van der Waals surface area contributed by atoms with Gasteiger partial charge in [0.25, 0.3) is 5.82 Å². The normalized spacial score (nSPS) is 10.4. The number of alkyl halides is 4. The second-order valence-corrected chi connectivity index (χ2v) is 6.30. The van der Waals surface area contributed by atoms with Gasteiger partial charge in [-0.1, -0.05) is 46.4 Å². The highest BCUT2D eigenvalue weighted by Crippen LogP contribution is 2.08. The molecule has 0 saturated carbocycles. The third-order valence-electron chi connectivity index (χ3n) is 2.45. The van der Waals surface area contributed by atoms with E-state index in [1.165, 1.54) is 0 Å². The second-order valence-electron chi connectivity index (χ2n) is 4.10. The lowest BCUT2D eigenvalue weighted by atomic mass is 10.2. The molecule has 0 amide bonds. The number of carbonyl (C=O) groups excluding carboxylic acids is 2. The molecule has 0 unspecified atom stereocenters. The molecule has 1 aromatic heterocycles. The van der Waals surface area contributed by atoms with Crippen molar-refractivity contribution in [1.29, 1.82) is 0 Å². The molecule has 118 valence electrons. The van der Waals surface area contributed by atoms with Crippen LogP contribution in [0.15, 0.2) is 18.3 Å². The van der Waals surface area contributed by atoms with Crippen molar-refractivity contribution >= 4 is 63.8 Å². The first kappa shape index (κ1) is 20.7. The number of hydrogen-bond acceptors (Lipinski definition) is 3. The SMILES string of the molecule is Cc1cc[n+](CC(=O)C(Cl)Cl)c(NCC(=O)C(Cl)Cl)c1.[Cl-]. The van der Waals surface area contributed by atoms with Gasteiger partial charge < -0.3 is 12.4 Å². The van der Waals surface area contributed by atoms with Crippen molar-refractivity contribution in [3.05, 3.63) is 23.9 Å². The van der Waals surface area contributed by atoms with Crippen LogP contribution >= 0.6 is 46.4 Å². The summed E-state index contributed by atoms with van der Waals surface area (Å²) in [5.74, 6) is -0.126. The summed E-state index contributed by atoms with van der Waals surface area (Å²) in [5.41, 5.74) is 0.963. The number of carbonyl (C=O) groups is 2. The summed E-state index contributed by atoms with van der Waals surface area (Å²) in [7, 11) is 0. The van der Waals surface area contributed by atoms with Gasteiger partial charge >= 0.3 is 0 Å². The molecule has 1 heterocycles. The quantitative estimate of drug-likeness (QED) is 0.499. The first-order chi connectivity index (χ1) is 9.31. The van der Waals surface area contributed by atoms with Crippen molar-refractivity contribution in [3.8, 4) is 0 Å². The zero-order valence-corrected chi connectivity index (χ0v) is 14.7. The number of nitrogens with zero attached hydrogens (tertiary/aromatic N) is 1. The molecule has 0 radical (unpaired) electrons. The maximum atomic E-state index is 11.6. The van der Waals surface area contributed by atoms with Crippen molar-refractivity contribution in [2.45, 2.75) is 23.1 Å². The van der Waals surface area contributed by atoms with E-state index in [4.69, 9.17) is 46.4 Å². The Hall–Kier alpha value is -0.260. The number of pyridine rings is 1. The molecule has 0 saturated heterocycles. The number of halogens is 5. The molecule has 0 atom stereocenters. The fourth-order valence-corrected chi connectivity index (χ4v) is 1.71. The van der Waals surface area contributed by atoms with Crippen LogP contribution in [0.2, 0.25) is 0 Å². The van der Waals surface area contributed by atoms with Crippen LogP contribution in [0, 0.1) is 6.92 Å². The number of ketones is 2. The Balaban J connectivity index is 0.00000400. The van der Waals surface area contributed by atoms with Gasteiger partial charge in [-0.25, -0.2) is 4.57 Å². The Bertz CT molecular complexity index is 508. The molecular weight excluding hydrogens is 381 g/mol. The van der Waals surface area contributed by atoms with Crippen LogP contribution in [0.1, 0.15) is 5.56 Å². The number of rotatable bonds is 7. The van der Waals surface area contributed by atoms with E-state index in [1.807, 2.05) is 13.0 Å². The molecule has 0 bridgehead atoms. The monoisotopic (exact) mass is 392 g/mol. The standard InChI is InChI=1S/C12H12Cl4N2O2.ClH/c1-7-2-3-18(6-9(20)12(15)16)10(4-7)17-5-8(19)11(13)14;/h2-4,11-12H,5-6H2,1H3;1H. The van der Waals surface area contributed by atoms with Crippen molar-refractivity contribution in [3.63, 3.8) is 0 Å². The number of Topliss-reactive ketones (excluding diaryl/α,β-unsaturated/α-hetero) is 2. The maximum Gasteiger partial charge on any atom is 0.275 e. The zero-order valence-electron chi connectivity index (χ0n) is 11.0. The molecular formula is C12H13Cl5N2O2. The fraction of sp³-hybridized carbons (Fsp3) is 0.417. The summed E-state index contributed by atoms with van der Waals surface area (Å²) < 4.78 is 1.61. The third-order valence-corrected chi connectivity index (χ3v) is 3.42. The van der Waals surface area contributed by atoms with E-state index in [-0.39, 0.29) is 37.1 Å². The van der Waals surface area contributed by atoms with E-state index in [9.17, 15) is 9.59 Å². The number of aryl methyl sites for hydroxylation is 1. The number of aromatic nitrogens is 1. The largest absolute Gasteiger partial charge is 1.00 e. The van der Waals surface area contributed by atoms with Gasteiger partial charge in [0.15, 0.2) is 16.2 Å². The minimum absolute atomic E-state index is 0. The Morgan fingerprint density at radius 3 is 2.29 bits per heavy atom. The van der Waals surface area contributed by atoms with Crippen LogP contribution in [0.3, 0.4) is 0 Å². The highest BCUT2D eigenvalue weighted by molar-refractivity contribution is 6.54. The van der Waals surface area contributed by atoms with Crippen molar-refractivity contribution in [1.82, 2.24) is 0 Å². The van der Waals surface area contributed by atoms with E-state index in [0.29, 0.717) is 5.82 Å². The molecule has 4 nitrogen and oxygen atoms in total. The van der Waals surface area contributed by atoms with E-state index >= 15 is 0 Å². The van der Waals surface area contributed by atoms with Gasteiger partial charge in [-0.05, 0) is 18.6 Å². The van der Waals surface area contributed by atoms with Crippen LogP contribution in [0.5, 0.6) is 0 Å². The molecule has 1 rings (SSSR count). The number of anilines is 1. The Kier molecular flexibility index (Phi) is 9.58. The fourth-order valence-electron chi connectivity index (χ4n) is 1.42. The van der Waals surface area contributed by atoms with Crippen LogP contribution in [-0.4, -0.2) is 27.8 Å². The van der Waals surface area contributed by atoms with Gasteiger partial charge in [-0.3, -0.25) is 14.9 Å². The van der Waals surface area contributed by atoms with Crippen LogP contribution in [0.25, 0.3) is 0 Å². The maximum absolute atomic E-state index is 11.6. The third kappa shape index (κ3) is 7.02. The minimum atomic E-state index is -1.09. The summed E-state index contributed by atoms with van der Waals surface area (Å²) in [4.78, 5) is 20.8. The van der Waals surface area contributed by atoms with Crippen LogP contribution in [0.4, 0.5) is 5.82 Å². The van der Waals surface area contributed by atoms with Gasteiger partial charge in [0.05, 0.1) is 6.20 Å². The molecule has 0 aliphatic carbocycles. The Morgan fingerprint density at radius 2 is 1.76 bits per heavy atom. The lowest BCUT2D eigenvalue weighted by molar-refractivity contribution is -0.670. The van der Waals surface area contributed by atoms with E-state index in [0.717, 1.165) is 5.56 Å². The van der Waals surface area contributed by atoms with Crippen molar-refractivity contribution < 1.29 is 26.6 Å². The van der Waals surface area contributed by atoms with E-state index < -0.39 is 9.67 Å². The smallest absolute Gasteiger partial charge is 0.275 e. The molecule has 21 heavy (non-hydrogen) atoms. The molecule has 1 N–H and O–H groups in total. The lowest BCUT2D eigenvalue weighted by Gasteiger charge is -2.08. The first-order valence-electron chi connectivity index (χ1n) is 5.67. The number of nitrogens with one attached hydrogen (secondary N) is 1. The number of hydrogen-bond donors (Lipinski definition) is 1. The molecule has 0 aromatic carbocycles. The summed E-state index contributed by atoms with van der Waals surface area (Å²) >= 11 is 22.0. The second kappa shape index (κ2) is 9.70.